The zero-order chi connectivity index (χ0) is 25.6. The van der Waals surface area contributed by atoms with Gasteiger partial charge < -0.3 is 20.5 Å². The van der Waals surface area contributed by atoms with Gasteiger partial charge in [-0.3, -0.25) is 14.5 Å². The third kappa shape index (κ3) is 4.47. The topological polar surface area (TPSA) is 120 Å². The largest absolute Gasteiger partial charge is 0.492 e. The van der Waals surface area contributed by atoms with Gasteiger partial charge in [0.05, 0.1) is 19.3 Å². The van der Waals surface area contributed by atoms with Crippen molar-refractivity contribution in [2.75, 3.05) is 26.3 Å². The van der Waals surface area contributed by atoms with Crippen molar-refractivity contribution in [1.29, 1.82) is 0 Å². The molecule has 1 aliphatic heterocycles. The molecule has 9 nitrogen and oxygen atoms in total. The summed E-state index contributed by atoms with van der Waals surface area (Å²) in [6.07, 6.45) is 7.18. The molecule has 2 aromatic rings. The number of carbonyl (C=O) groups is 2. The van der Waals surface area contributed by atoms with Gasteiger partial charge in [0.2, 0.25) is 11.8 Å². The Balaban J connectivity index is 1.41. The van der Waals surface area contributed by atoms with Crippen LogP contribution >= 0.6 is 11.3 Å². The number of benzene rings is 1. The number of primary amides is 1. The first-order valence-electron chi connectivity index (χ1n) is 12.8. The fourth-order valence-electron chi connectivity index (χ4n) is 5.19. The minimum atomic E-state index is -1.17. The van der Waals surface area contributed by atoms with E-state index in [1.807, 2.05) is 31.2 Å². The maximum Gasteiger partial charge on any atom is 0.244 e. The predicted molar refractivity (Wildman–Crippen MR) is 138 cm³/mol. The van der Waals surface area contributed by atoms with Crippen LogP contribution in [0.5, 0.6) is 0 Å². The molecule has 37 heavy (non-hydrogen) atoms. The zero-order valence-corrected chi connectivity index (χ0v) is 21.7. The molecule has 2 amide bonds. The van der Waals surface area contributed by atoms with E-state index in [-0.39, 0.29) is 18.4 Å². The highest BCUT2D eigenvalue weighted by Crippen LogP contribution is 2.48. The number of nitrogens with two attached hydrogens (primary N) is 1. The van der Waals surface area contributed by atoms with Gasteiger partial charge in [-0.15, -0.1) is 10.2 Å². The molecule has 0 spiro atoms. The van der Waals surface area contributed by atoms with Crippen LogP contribution in [0.3, 0.4) is 0 Å². The lowest BCUT2D eigenvalue weighted by Crippen LogP contribution is -2.59. The van der Waals surface area contributed by atoms with Crippen molar-refractivity contribution >= 4 is 23.2 Å². The molecule has 4 aliphatic rings. The fourth-order valence-corrected chi connectivity index (χ4v) is 6.27. The molecule has 10 heteroatoms. The summed E-state index contributed by atoms with van der Waals surface area (Å²) in [5.74, 6) is -0.0324. The number of aryl methyl sites for hydroxylation is 1. The van der Waals surface area contributed by atoms with Gasteiger partial charge in [0, 0.05) is 30.6 Å². The van der Waals surface area contributed by atoms with Gasteiger partial charge in [-0.1, -0.05) is 41.7 Å². The molecule has 1 aromatic heterocycles. The van der Waals surface area contributed by atoms with E-state index in [1.165, 1.54) is 11.3 Å². The third-order valence-corrected chi connectivity index (χ3v) is 8.82. The molecule has 3 aliphatic carbocycles. The maximum atomic E-state index is 14.1. The molecule has 2 heterocycles. The Kier molecular flexibility index (Phi) is 6.13. The Hall–Kier alpha value is -3.08. The average Bonchev–Trinajstić information content (AvgIpc) is 3.84. The molecule has 194 valence electrons. The van der Waals surface area contributed by atoms with E-state index in [0.29, 0.717) is 42.6 Å². The number of allylic oxidation sites excluding steroid dienone is 2. The van der Waals surface area contributed by atoms with Gasteiger partial charge in [-0.25, -0.2) is 0 Å². The van der Waals surface area contributed by atoms with E-state index >= 15 is 0 Å². The number of amides is 2. The lowest BCUT2D eigenvalue weighted by molar-refractivity contribution is -0.132. The van der Waals surface area contributed by atoms with Crippen LogP contribution in [0.25, 0.3) is 10.6 Å². The molecule has 6 rings (SSSR count). The molecular weight excluding hydrogens is 490 g/mol. The molecule has 1 aromatic carbocycles. The molecule has 0 radical (unpaired) electrons. The van der Waals surface area contributed by atoms with Crippen LogP contribution in [0.4, 0.5) is 0 Å². The highest BCUT2D eigenvalue weighted by Gasteiger charge is 2.58. The Morgan fingerprint density at radius 3 is 2.59 bits per heavy atom. The van der Waals surface area contributed by atoms with Crippen molar-refractivity contribution in [3.05, 3.63) is 58.3 Å². The van der Waals surface area contributed by atoms with Gasteiger partial charge in [-0.05, 0) is 44.2 Å². The first-order valence-corrected chi connectivity index (χ1v) is 13.7. The standard InChI is InChI=1S/C27H31N5O4S/c1-17-4-2-3-5-20(17)23-30-31-25(37-23)27(16-18(22(28)33)6-9-21(27)36-19-7-8-19)29-24(34)26(10-11-26)32-12-14-35-15-13-32/h2-6,9,19H,7-8,10-16H2,1H3,(H2,28,33)(H,29,34). The second kappa shape index (κ2) is 9.34. The van der Waals surface area contributed by atoms with E-state index < -0.39 is 17.0 Å². The van der Waals surface area contributed by atoms with Gasteiger partial charge in [0.15, 0.2) is 10.5 Å². The van der Waals surface area contributed by atoms with Crippen molar-refractivity contribution in [2.45, 2.75) is 56.2 Å². The van der Waals surface area contributed by atoms with Crippen LogP contribution in [-0.4, -0.2) is 64.9 Å². The summed E-state index contributed by atoms with van der Waals surface area (Å²) in [5.41, 5.74) is 6.46. The summed E-state index contributed by atoms with van der Waals surface area (Å²) in [4.78, 5) is 28.6. The molecule has 1 saturated heterocycles. The summed E-state index contributed by atoms with van der Waals surface area (Å²) in [7, 11) is 0. The third-order valence-electron chi connectivity index (χ3n) is 7.70. The van der Waals surface area contributed by atoms with Crippen molar-refractivity contribution < 1.29 is 19.1 Å². The summed E-state index contributed by atoms with van der Waals surface area (Å²) in [5, 5.41) is 13.8. The van der Waals surface area contributed by atoms with Crippen LogP contribution in [0.1, 0.15) is 42.7 Å². The van der Waals surface area contributed by atoms with Gasteiger partial charge >= 0.3 is 0 Å². The van der Waals surface area contributed by atoms with Gasteiger partial charge in [0.25, 0.3) is 0 Å². The number of morpholine rings is 1. The Bertz CT molecular complexity index is 1290. The number of hydrogen-bond donors (Lipinski definition) is 2. The van der Waals surface area contributed by atoms with Crippen LogP contribution < -0.4 is 11.1 Å². The van der Waals surface area contributed by atoms with Crippen LogP contribution in [0.15, 0.2) is 47.7 Å². The number of hydrogen-bond acceptors (Lipinski definition) is 8. The normalized spacial score (nSPS) is 25.1. The average molecular weight is 522 g/mol. The smallest absolute Gasteiger partial charge is 0.244 e. The second-order valence-electron chi connectivity index (χ2n) is 10.3. The van der Waals surface area contributed by atoms with Crippen molar-refractivity contribution in [3.63, 3.8) is 0 Å². The molecular formula is C27H31N5O4S. The maximum absolute atomic E-state index is 14.1. The number of nitrogens with zero attached hydrogens (tertiary/aromatic N) is 3. The quantitative estimate of drug-likeness (QED) is 0.548. The van der Waals surface area contributed by atoms with E-state index in [2.05, 4.69) is 20.4 Å². The molecule has 3 N–H and O–H groups in total. The fraction of sp³-hybridized carbons (Fsp3) is 0.481. The molecule has 1 unspecified atom stereocenters. The number of rotatable bonds is 8. The van der Waals surface area contributed by atoms with Crippen molar-refractivity contribution in [1.82, 2.24) is 20.4 Å². The monoisotopic (exact) mass is 521 g/mol. The lowest BCUT2D eigenvalue weighted by Gasteiger charge is -2.40. The van der Waals surface area contributed by atoms with Gasteiger partial charge in [-0.2, -0.15) is 0 Å². The first-order chi connectivity index (χ1) is 17.9. The molecule has 2 saturated carbocycles. The van der Waals surface area contributed by atoms with E-state index in [0.717, 1.165) is 41.8 Å². The molecule has 1 atom stereocenters. The van der Waals surface area contributed by atoms with Crippen LogP contribution in [0, 0.1) is 6.92 Å². The number of nitrogens with one attached hydrogen (secondary N) is 1. The number of carbonyl (C=O) groups excluding carboxylic acids is 2. The Morgan fingerprint density at radius 2 is 1.92 bits per heavy atom. The molecule has 0 bridgehead atoms. The van der Waals surface area contributed by atoms with Crippen LogP contribution in [-0.2, 0) is 24.6 Å². The van der Waals surface area contributed by atoms with E-state index in [1.54, 1.807) is 12.2 Å². The van der Waals surface area contributed by atoms with Gasteiger partial charge in [0.1, 0.15) is 16.3 Å². The van der Waals surface area contributed by atoms with Crippen LogP contribution in [0.2, 0.25) is 0 Å². The minimum absolute atomic E-state index is 0.0851. The van der Waals surface area contributed by atoms with E-state index in [9.17, 15) is 9.59 Å². The SMILES string of the molecule is Cc1ccccc1-c1nnc(C2(NC(=O)C3(N4CCOCC4)CC3)CC(C(N)=O)=CC=C2OC2CC2)s1. The highest BCUT2D eigenvalue weighted by atomic mass is 32.1. The number of ether oxygens (including phenoxy) is 2. The van der Waals surface area contributed by atoms with Crippen molar-refractivity contribution in [2.24, 2.45) is 5.73 Å². The number of aromatic nitrogens is 2. The summed E-state index contributed by atoms with van der Waals surface area (Å²) >= 11 is 1.41. The lowest BCUT2D eigenvalue weighted by atomic mass is 9.84. The summed E-state index contributed by atoms with van der Waals surface area (Å²) in [6, 6.07) is 7.99. The Labute approximate surface area is 219 Å². The predicted octanol–water partition coefficient (Wildman–Crippen LogP) is 2.57. The molecule has 3 fully saturated rings. The summed E-state index contributed by atoms with van der Waals surface area (Å²) < 4.78 is 11.9. The first kappa shape index (κ1) is 24.3. The highest BCUT2D eigenvalue weighted by molar-refractivity contribution is 7.14. The zero-order valence-electron chi connectivity index (χ0n) is 20.9. The minimum Gasteiger partial charge on any atom is -0.492 e. The van der Waals surface area contributed by atoms with Crippen molar-refractivity contribution in [3.8, 4) is 10.6 Å². The van der Waals surface area contributed by atoms with E-state index in [4.69, 9.17) is 15.2 Å². The second-order valence-corrected chi connectivity index (χ2v) is 11.3. The Morgan fingerprint density at radius 1 is 1.16 bits per heavy atom. The summed E-state index contributed by atoms with van der Waals surface area (Å²) in [6.45, 7) is 4.68.